The second kappa shape index (κ2) is 4.63. The molecule has 1 aliphatic rings. The first-order valence-electron chi connectivity index (χ1n) is 6.42. The number of ether oxygens (including phenoxy) is 1. The van der Waals surface area contributed by atoms with Crippen molar-refractivity contribution >= 4 is 11.6 Å². The molecule has 0 bridgehead atoms. The third kappa shape index (κ3) is 2.35. The highest BCUT2D eigenvalue weighted by atomic mass is 16.5. The maximum Gasteiger partial charge on any atom is 0.232 e. The van der Waals surface area contributed by atoms with Crippen LogP contribution in [0.15, 0.2) is 18.2 Å². The number of methoxy groups -OCH3 is 1. The number of amides is 1. The van der Waals surface area contributed by atoms with E-state index in [1.165, 1.54) is 5.56 Å². The molecule has 0 fully saturated rings. The van der Waals surface area contributed by atoms with Crippen LogP contribution in [0, 0.1) is 5.41 Å². The molecule has 2 rings (SSSR count). The van der Waals surface area contributed by atoms with Gasteiger partial charge in [-0.3, -0.25) is 4.79 Å². The number of rotatable bonds is 1. The van der Waals surface area contributed by atoms with Crippen LogP contribution < -0.4 is 9.64 Å². The van der Waals surface area contributed by atoms with E-state index < -0.39 is 0 Å². The van der Waals surface area contributed by atoms with Gasteiger partial charge in [0.15, 0.2) is 0 Å². The van der Waals surface area contributed by atoms with Crippen molar-refractivity contribution in [1.29, 1.82) is 0 Å². The molecule has 1 aromatic rings. The zero-order valence-electron chi connectivity index (χ0n) is 11.6. The van der Waals surface area contributed by atoms with Gasteiger partial charge < -0.3 is 9.64 Å². The molecule has 18 heavy (non-hydrogen) atoms. The van der Waals surface area contributed by atoms with Gasteiger partial charge >= 0.3 is 0 Å². The molecule has 0 radical (unpaired) electrons. The van der Waals surface area contributed by atoms with Gasteiger partial charge in [-0.25, -0.2) is 0 Å². The highest BCUT2D eigenvalue weighted by Gasteiger charge is 2.30. The van der Waals surface area contributed by atoms with E-state index in [0.717, 1.165) is 30.8 Å². The Bertz CT molecular complexity index is 460. The average Bonchev–Trinajstić information content (AvgIpc) is 2.35. The Labute approximate surface area is 109 Å². The Morgan fingerprint density at radius 2 is 2.06 bits per heavy atom. The lowest BCUT2D eigenvalue weighted by atomic mass is 9.92. The molecule has 0 aliphatic carbocycles. The number of carbonyl (C=O) groups is 1. The topological polar surface area (TPSA) is 29.5 Å². The maximum atomic E-state index is 12.4. The van der Waals surface area contributed by atoms with Gasteiger partial charge in [-0.2, -0.15) is 0 Å². The number of hydrogen-bond acceptors (Lipinski definition) is 2. The van der Waals surface area contributed by atoms with E-state index in [9.17, 15) is 4.79 Å². The molecule has 3 nitrogen and oxygen atoms in total. The Morgan fingerprint density at radius 3 is 2.67 bits per heavy atom. The lowest BCUT2D eigenvalue weighted by Crippen LogP contribution is -2.42. The molecular formula is C15H21NO2. The second-order valence-corrected chi connectivity index (χ2v) is 5.80. The molecule has 1 heterocycles. The highest BCUT2D eigenvalue weighted by Crippen LogP contribution is 2.33. The van der Waals surface area contributed by atoms with E-state index >= 15 is 0 Å². The Kier molecular flexibility index (Phi) is 3.33. The summed E-state index contributed by atoms with van der Waals surface area (Å²) in [7, 11) is 1.67. The van der Waals surface area contributed by atoms with Crippen LogP contribution in [0.4, 0.5) is 5.69 Å². The van der Waals surface area contributed by atoms with E-state index in [0.29, 0.717) is 0 Å². The summed E-state index contributed by atoms with van der Waals surface area (Å²) in [5, 5.41) is 0. The molecular weight excluding hydrogens is 226 g/mol. The molecule has 0 aromatic heterocycles. The van der Waals surface area contributed by atoms with Crippen LogP contribution in [-0.4, -0.2) is 19.6 Å². The fourth-order valence-corrected chi connectivity index (χ4v) is 2.32. The van der Waals surface area contributed by atoms with E-state index in [1.807, 2.05) is 43.9 Å². The molecule has 0 spiro atoms. The molecule has 0 unspecified atom stereocenters. The monoisotopic (exact) mass is 247 g/mol. The molecule has 98 valence electrons. The van der Waals surface area contributed by atoms with Crippen LogP contribution in [0.5, 0.6) is 5.75 Å². The minimum Gasteiger partial charge on any atom is -0.497 e. The SMILES string of the molecule is COc1ccc2c(c1)CCCN2C(=O)C(C)(C)C. The van der Waals surface area contributed by atoms with Crippen molar-refractivity contribution in [2.75, 3.05) is 18.6 Å². The summed E-state index contributed by atoms with van der Waals surface area (Å²) in [6.45, 7) is 6.71. The van der Waals surface area contributed by atoms with Crippen molar-refractivity contribution in [2.24, 2.45) is 5.41 Å². The Morgan fingerprint density at radius 1 is 1.33 bits per heavy atom. The molecule has 0 N–H and O–H groups in total. The number of fused-ring (bicyclic) bond motifs is 1. The van der Waals surface area contributed by atoms with Gasteiger partial charge in [0.25, 0.3) is 0 Å². The van der Waals surface area contributed by atoms with E-state index in [4.69, 9.17) is 4.74 Å². The quantitative estimate of drug-likeness (QED) is 0.763. The largest absolute Gasteiger partial charge is 0.497 e. The normalized spacial score (nSPS) is 15.2. The molecule has 0 saturated heterocycles. The van der Waals surface area contributed by atoms with Crippen molar-refractivity contribution in [2.45, 2.75) is 33.6 Å². The van der Waals surface area contributed by atoms with Gasteiger partial charge in [0.1, 0.15) is 5.75 Å². The van der Waals surface area contributed by atoms with E-state index in [1.54, 1.807) is 7.11 Å². The first-order valence-corrected chi connectivity index (χ1v) is 6.42. The van der Waals surface area contributed by atoms with Gasteiger partial charge in [0.2, 0.25) is 5.91 Å². The zero-order valence-corrected chi connectivity index (χ0v) is 11.6. The highest BCUT2D eigenvalue weighted by molar-refractivity contribution is 5.98. The number of nitrogens with zero attached hydrogens (tertiary/aromatic N) is 1. The average molecular weight is 247 g/mol. The van der Waals surface area contributed by atoms with Crippen molar-refractivity contribution in [3.8, 4) is 5.75 Å². The summed E-state index contributed by atoms with van der Waals surface area (Å²) in [5.41, 5.74) is 1.91. The number of aryl methyl sites for hydroxylation is 1. The van der Waals surface area contributed by atoms with Crippen LogP contribution in [0.2, 0.25) is 0 Å². The van der Waals surface area contributed by atoms with Crippen molar-refractivity contribution in [3.05, 3.63) is 23.8 Å². The zero-order chi connectivity index (χ0) is 13.3. The van der Waals surface area contributed by atoms with Crippen molar-refractivity contribution < 1.29 is 9.53 Å². The van der Waals surface area contributed by atoms with Gasteiger partial charge in [-0.15, -0.1) is 0 Å². The van der Waals surface area contributed by atoms with E-state index in [2.05, 4.69) is 0 Å². The van der Waals surface area contributed by atoms with Gasteiger partial charge in [0.05, 0.1) is 7.11 Å². The molecule has 1 amide bonds. The predicted octanol–water partition coefficient (Wildman–Crippen LogP) is 3.02. The second-order valence-electron chi connectivity index (χ2n) is 5.80. The smallest absolute Gasteiger partial charge is 0.232 e. The fourth-order valence-electron chi connectivity index (χ4n) is 2.32. The number of benzene rings is 1. The first-order chi connectivity index (χ1) is 8.43. The minimum absolute atomic E-state index is 0.189. The lowest BCUT2D eigenvalue weighted by molar-refractivity contribution is -0.125. The number of hydrogen-bond donors (Lipinski definition) is 0. The van der Waals surface area contributed by atoms with Gasteiger partial charge in [-0.05, 0) is 36.6 Å². The van der Waals surface area contributed by atoms with Crippen molar-refractivity contribution in [3.63, 3.8) is 0 Å². The fraction of sp³-hybridized carbons (Fsp3) is 0.533. The summed E-state index contributed by atoms with van der Waals surface area (Å²) in [6.07, 6.45) is 2.03. The predicted molar refractivity (Wildman–Crippen MR) is 73.1 cm³/mol. The Balaban J connectivity index is 2.37. The molecule has 3 heteroatoms. The summed E-state index contributed by atoms with van der Waals surface area (Å²) in [5.74, 6) is 1.05. The molecule has 0 saturated carbocycles. The summed E-state index contributed by atoms with van der Waals surface area (Å²) in [4.78, 5) is 14.3. The van der Waals surface area contributed by atoms with Gasteiger partial charge in [0, 0.05) is 17.6 Å². The maximum absolute atomic E-state index is 12.4. The van der Waals surface area contributed by atoms with Crippen LogP contribution in [0.3, 0.4) is 0 Å². The Hall–Kier alpha value is -1.51. The number of carbonyl (C=O) groups excluding carboxylic acids is 1. The summed E-state index contributed by atoms with van der Waals surface area (Å²) in [6, 6.07) is 5.96. The third-order valence-electron chi connectivity index (χ3n) is 3.29. The first kappa shape index (κ1) is 12.9. The van der Waals surface area contributed by atoms with Crippen LogP contribution in [-0.2, 0) is 11.2 Å². The van der Waals surface area contributed by atoms with Gasteiger partial charge in [-0.1, -0.05) is 20.8 Å². The van der Waals surface area contributed by atoms with Crippen LogP contribution in [0.1, 0.15) is 32.8 Å². The summed E-state index contributed by atoms with van der Waals surface area (Å²) >= 11 is 0. The molecule has 1 aromatic carbocycles. The van der Waals surface area contributed by atoms with E-state index in [-0.39, 0.29) is 11.3 Å². The third-order valence-corrected chi connectivity index (χ3v) is 3.29. The summed E-state index contributed by atoms with van der Waals surface area (Å²) < 4.78 is 5.24. The standard InChI is InChI=1S/C15H21NO2/c1-15(2,3)14(17)16-9-5-6-11-10-12(18-4)7-8-13(11)16/h7-8,10H,5-6,9H2,1-4H3. The van der Waals surface area contributed by atoms with Crippen LogP contribution in [0.25, 0.3) is 0 Å². The molecule has 1 aliphatic heterocycles. The minimum atomic E-state index is -0.339. The molecule has 0 atom stereocenters. The van der Waals surface area contributed by atoms with Crippen LogP contribution >= 0.6 is 0 Å². The lowest BCUT2D eigenvalue weighted by Gasteiger charge is -2.34. The number of anilines is 1. The van der Waals surface area contributed by atoms with Crippen molar-refractivity contribution in [1.82, 2.24) is 0 Å².